The maximum Gasteiger partial charge on any atom is 0.307 e. The monoisotopic (exact) mass is 272 g/mol. The Morgan fingerprint density at radius 1 is 1.16 bits per heavy atom. The molecule has 0 amide bonds. The van der Waals surface area contributed by atoms with Crippen molar-refractivity contribution in [2.75, 3.05) is 0 Å². The number of aryl methyl sites for hydroxylation is 1. The van der Waals surface area contributed by atoms with Crippen LogP contribution in [-0.2, 0) is 13.6 Å². The molecule has 4 nitrogen and oxygen atoms in total. The third-order valence-corrected chi connectivity index (χ3v) is 3.85. The van der Waals surface area contributed by atoms with E-state index in [9.17, 15) is 9.59 Å². The highest BCUT2D eigenvalue weighted by Crippen LogP contribution is 2.15. The smallest absolute Gasteiger partial charge is 0.307 e. The van der Waals surface area contributed by atoms with Crippen molar-refractivity contribution in [3.63, 3.8) is 0 Å². The molecule has 0 radical (unpaired) electrons. The van der Waals surface area contributed by atoms with E-state index in [1.807, 2.05) is 24.3 Å². The summed E-state index contributed by atoms with van der Waals surface area (Å²) in [6, 6.07) is 7.49. The summed E-state index contributed by atoms with van der Waals surface area (Å²) < 4.78 is 3.21. The molecule has 0 saturated heterocycles. The van der Waals surface area contributed by atoms with Gasteiger partial charge < -0.3 is 9.13 Å². The van der Waals surface area contributed by atoms with Crippen LogP contribution in [-0.4, -0.2) is 9.13 Å². The van der Waals surface area contributed by atoms with Gasteiger partial charge in [-0.2, -0.15) is 0 Å². The Morgan fingerprint density at radius 3 is 2.58 bits per heavy atom. The molecule has 0 fully saturated rings. The summed E-state index contributed by atoms with van der Waals surface area (Å²) in [5.74, 6) is 0. The molecule has 19 heavy (non-hydrogen) atoms. The van der Waals surface area contributed by atoms with Crippen LogP contribution in [0.15, 0.2) is 51.6 Å². The Morgan fingerprint density at radius 2 is 1.89 bits per heavy atom. The minimum Gasteiger partial charge on any atom is -0.318 e. The molecule has 0 spiro atoms. The Balaban J connectivity index is 2.24. The number of aromatic nitrogens is 2. The van der Waals surface area contributed by atoms with Gasteiger partial charge in [0.2, 0.25) is 0 Å². The van der Waals surface area contributed by atoms with E-state index >= 15 is 0 Å². The first-order chi connectivity index (χ1) is 9.16. The van der Waals surface area contributed by atoms with Crippen molar-refractivity contribution >= 4 is 22.1 Å². The van der Waals surface area contributed by atoms with Crippen molar-refractivity contribution in [1.82, 2.24) is 9.13 Å². The fourth-order valence-electron chi connectivity index (χ4n) is 2.22. The summed E-state index contributed by atoms with van der Waals surface area (Å²) in [6.45, 7) is 0.483. The molecule has 0 unspecified atom stereocenters. The van der Waals surface area contributed by atoms with E-state index in [0.29, 0.717) is 11.9 Å². The Bertz CT molecular complexity index is 857. The van der Waals surface area contributed by atoms with Crippen LogP contribution in [0.5, 0.6) is 0 Å². The van der Waals surface area contributed by atoms with Gasteiger partial charge in [0.05, 0.1) is 6.54 Å². The van der Waals surface area contributed by atoms with Gasteiger partial charge in [-0.1, -0.05) is 29.5 Å². The van der Waals surface area contributed by atoms with Crippen molar-refractivity contribution in [1.29, 1.82) is 0 Å². The molecule has 96 valence electrons. The second-order valence-electron chi connectivity index (χ2n) is 4.41. The molecule has 2 heterocycles. The van der Waals surface area contributed by atoms with E-state index in [-0.39, 0.29) is 10.4 Å². The van der Waals surface area contributed by atoms with Crippen molar-refractivity contribution < 1.29 is 0 Å². The number of pyridine rings is 1. The molecule has 2 aromatic heterocycles. The van der Waals surface area contributed by atoms with Gasteiger partial charge in [0.25, 0.3) is 5.56 Å². The third-order valence-electron chi connectivity index (χ3n) is 3.16. The van der Waals surface area contributed by atoms with Gasteiger partial charge in [-0.25, -0.2) is 0 Å². The molecule has 0 atom stereocenters. The molecule has 0 aliphatic rings. The second kappa shape index (κ2) is 4.51. The lowest BCUT2D eigenvalue weighted by atomic mass is 10.1. The first kappa shape index (κ1) is 11.9. The molecular formula is C14H12N2O2S. The fraction of sp³-hybridized carbons (Fsp3) is 0.143. The van der Waals surface area contributed by atoms with Gasteiger partial charge in [0.1, 0.15) is 0 Å². The zero-order valence-electron chi connectivity index (χ0n) is 10.4. The number of hydrogen-bond acceptors (Lipinski definition) is 3. The van der Waals surface area contributed by atoms with Crippen LogP contribution < -0.4 is 10.4 Å². The van der Waals surface area contributed by atoms with E-state index in [0.717, 1.165) is 10.9 Å². The normalized spacial score (nSPS) is 11.0. The van der Waals surface area contributed by atoms with Gasteiger partial charge >= 0.3 is 4.87 Å². The van der Waals surface area contributed by atoms with E-state index in [1.54, 1.807) is 34.0 Å². The Hall–Kier alpha value is -2.14. The number of benzene rings is 1. The number of thiazole rings is 1. The Labute approximate surface area is 113 Å². The zero-order chi connectivity index (χ0) is 13.4. The molecule has 5 heteroatoms. The molecule has 3 aromatic rings. The number of nitrogens with zero attached hydrogens (tertiary/aromatic N) is 2. The van der Waals surface area contributed by atoms with Crippen molar-refractivity contribution in [3.05, 3.63) is 67.6 Å². The minimum absolute atomic E-state index is 0.0120. The lowest BCUT2D eigenvalue weighted by Crippen LogP contribution is -2.20. The highest BCUT2D eigenvalue weighted by Gasteiger charge is 2.08. The molecule has 0 aliphatic carbocycles. The summed E-state index contributed by atoms with van der Waals surface area (Å²) in [7, 11) is 1.73. The molecule has 0 saturated carbocycles. The van der Waals surface area contributed by atoms with Crippen molar-refractivity contribution in [2.24, 2.45) is 7.05 Å². The molecule has 1 aromatic carbocycles. The second-order valence-corrected chi connectivity index (χ2v) is 5.27. The van der Waals surface area contributed by atoms with E-state index in [2.05, 4.69) is 0 Å². The molecule has 3 rings (SSSR count). The van der Waals surface area contributed by atoms with Crippen LogP contribution in [0.1, 0.15) is 5.56 Å². The van der Waals surface area contributed by atoms with Crippen LogP contribution >= 0.6 is 11.3 Å². The average molecular weight is 272 g/mol. The summed E-state index contributed by atoms with van der Waals surface area (Å²) in [4.78, 5) is 23.7. The first-order valence-corrected chi connectivity index (χ1v) is 6.76. The summed E-state index contributed by atoms with van der Waals surface area (Å²) in [5, 5.41) is 3.36. The number of fused-ring (bicyclic) bond motifs is 1. The van der Waals surface area contributed by atoms with Gasteiger partial charge in [-0.3, -0.25) is 9.59 Å². The van der Waals surface area contributed by atoms with E-state index in [4.69, 9.17) is 0 Å². The SMILES string of the molecule is Cn1cc(Cn2ccsc2=O)c2ccccc2c1=O. The molecule has 0 bridgehead atoms. The predicted molar refractivity (Wildman–Crippen MR) is 76.9 cm³/mol. The zero-order valence-corrected chi connectivity index (χ0v) is 11.2. The van der Waals surface area contributed by atoms with E-state index in [1.165, 1.54) is 11.3 Å². The van der Waals surface area contributed by atoms with Crippen LogP contribution in [0.25, 0.3) is 10.8 Å². The molecule has 0 aliphatic heterocycles. The lowest BCUT2D eigenvalue weighted by Gasteiger charge is -2.09. The van der Waals surface area contributed by atoms with Crippen LogP contribution in [0.4, 0.5) is 0 Å². The van der Waals surface area contributed by atoms with Crippen molar-refractivity contribution in [3.8, 4) is 0 Å². The maximum atomic E-state index is 12.0. The van der Waals surface area contributed by atoms with E-state index < -0.39 is 0 Å². The highest BCUT2D eigenvalue weighted by atomic mass is 32.1. The van der Waals surface area contributed by atoms with Gasteiger partial charge in [-0.05, 0) is 17.0 Å². The largest absolute Gasteiger partial charge is 0.318 e. The predicted octanol–water partition coefficient (Wildman–Crippen LogP) is 1.81. The fourth-order valence-corrected chi connectivity index (χ4v) is 2.80. The summed E-state index contributed by atoms with van der Waals surface area (Å²) in [6.07, 6.45) is 3.57. The Kier molecular flexibility index (Phi) is 2.83. The number of hydrogen-bond donors (Lipinski definition) is 0. The van der Waals surface area contributed by atoms with Gasteiger partial charge in [-0.15, -0.1) is 0 Å². The van der Waals surface area contributed by atoms with Crippen LogP contribution in [0.2, 0.25) is 0 Å². The lowest BCUT2D eigenvalue weighted by molar-refractivity contribution is 0.767. The first-order valence-electron chi connectivity index (χ1n) is 5.88. The number of rotatable bonds is 2. The molecule has 0 N–H and O–H groups in total. The third kappa shape index (κ3) is 2.02. The summed E-state index contributed by atoms with van der Waals surface area (Å²) >= 11 is 1.18. The standard InChI is InChI=1S/C14H12N2O2S/c1-15-8-10(9-16-6-7-19-14(16)18)11-4-2-3-5-12(11)13(15)17/h2-8H,9H2,1H3. The van der Waals surface area contributed by atoms with Crippen molar-refractivity contribution in [2.45, 2.75) is 6.54 Å². The maximum absolute atomic E-state index is 12.0. The topological polar surface area (TPSA) is 44.0 Å². The minimum atomic E-state index is -0.0167. The van der Waals surface area contributed by atoms with Crippen LogP contribution in [0, 0.1) is 0 Å². The quantitative estimate of drug-likeness (QED) is 0.714. The van der Waals surface area contributed by atoms with Crippen LogP contribution in [0.3, 0.4) is 0 Å². The van der Waals surface area contributed by atoms with Gasteiger partial charge in [0, 0.05) is 30.2 Å². The summed E-state index contributed by atoms with van der Waals surface area (Å²) in [5.41, 5.74) is 0.954. The molecular weight excluding hydrogens is 260 g/mol. The van der Waals surface area contributed by atoms with Gasteiger partial charge in [0.15, 0.2) is 0 Å². The average Bonchev–Trinajstić information content (AvgIpc) is 2.81. The highest BCUT2D eigenvalue weighted by molar-refractivity contribution is 7.07.